The lowest BCUT2D eigenvalue weighted by Gasteiger charge is -2.59. The number of rotatable bonds is 3. The molecule has 2 fully saturated rings. The lowest BCUT2D eigenvalue weighted by molar-refractivity contribution is -0.159. The van der Waals surface area contributed by atoms with Gasteiger partial charge in [0.15, 0.2) is 0 Å². The average molecular weight is 410 g/mol. The minimum atomic E-state index is -4.59. The number of benzene rings is 1. The molecule has 29 heavy (non-hydrogen) atoms. The van der Waals surface area contributed by atoms with E-state index in [0.717, 1.165) is 37.7 Å². The summed E-state index contributed by atoms with van der Waals surface area (Å²) < 4.78 is 38.5. The summed E-state index contributed by atoms with van der Waals surface area (Å²) in [6, 6.07) is 6.09. The van der Waals surface area contributed by atoms with Gasteiger partial charge in [0, 0.05) is 24.1 Å². The third-order valence-corrected chi connectivity index (χ3v) is 6.55. The summed E-state index contributed by atoms with van der Waals surface area (Å²) in [4.78, 5) is 28.4. The number of carbonyl (C=O) groups is 2. The molecule has 0 bridgehead atoms. The predicted octanol–water partition coefficient (Wildman–Crippen LogP) is 3.22. The SMILES string of the molecule is O=C(CC(F)(F)F)N1C[C@@H]2[C@H](c3ccccc31)[C@@H](CO)N2C(=O)C1CCCCC1. The highest BCUT2D eigenvalue weighted by Gasteiger charge is 2.56. The largest absolute Gasteiger partial charge is 0.397 e. The molecular weight excluding hydrogens is 385 g/mol. The standard InChI is InChI=1S/C21H25F3N2O3/c22-21(23,24)10-18(28)25-11-16-19(14-8-4-5-9-15(14)25)17(12-27)26(16)20(29)13-6-2-1-3-7-13/h4-5,8-9,13,16-17,19,27H,1-3,6-7,10-12H2/t16-,17-,19+/m1/s1. The van der Waals surface area contributed by atoms with Crippen LogP contribution in [0.15, 0.2) is 24.3 Å². The first kappa shape index (κ1) is 20.2. The van der Waals surface area contributed by atoms with Gasteiger partial charge in [-0.3, -0.25) is 9.59 Å². The molecule has 5 nitrogen and oxygen atoms in total. The van der Waals surface area contributed by atoms with Crippen molar-refractivity contribution in [2.24, 2.45) is 5.92 Å². The van der Waals surface area contributed by atoms with Crippen LogP contribution in [0.5, 0.6) is 0 Å². The van der Waals surface area contributed by atoms with Crippen LogP contribution in [0.4, 0.5) is 18.9 Å². The van der Waals surface area contributed by atoms with Crippen LogP contribution in [0.2, 0.25) is 0 Å². The van der Waals surface area contributed by atoms with Crippen molar-refractivity contribution in [2.45, 2.75) is 62.7 Å². The third-order valence-electron chi connectivity index (χ3n) is 6.55. The van der Waals surface area contributed by atoms with Crippen molar-refractivity contribution in [1.29, 1.82) is 0 Å². The number of fused-ring (bicyclic) bond motifs is 3. The van der Waals surface area contributed by atoms with Gasteiger partial charge in [0.2, 0.25) is 11.8 Å². The first-order valence-corrected chi connectivity index (χ1v) is 10.2. The molecule has 1 saturated carbocycles. The van der Waals surface area contributed by atoms with E-state index in [9.17, 15) is 27.9 Å². The second kappa shape index (κ2) is 7.63. The van der Waals surface area contributed by atoms with Crippen molar-refractivity contribution in [1.82, 2.24) is 4.90 Å². The molecule has 1 aliphatic carbocycles. The topological polar surface area (TPSA) is 60.9 Å². The average Bonchev–Trinajstić information content (AvgIpc) is 2.67. The van der Waals surface area contributed by atoms with Gasteiger partial charge in [-0.15, -0.1) is 0 Å². The lowest BCUT2D eigenvalue weighted by Crippen LogP contribution is -2.71. The summed E-state index contributed by atoms with van der Waals surface area (Å²) in [6.07, 6.45) is -1.43. The maximum Gasteiger partial charge on any atom is 0.397 e. The molecule has 3 aliphatic rings. The number of halogens is 3. The van der Waals surface area contributed by atoms with Crippen molar-refractivity contribution >= 4 is 17.5 Å². The first-order valence-electron chi connectivity index (χ1n) is 10.2. The van der Waals surface area contributed by atoms with Crippen molar-refractivity contribution in [2.75, 3.05) is 18.1 Å². The number of alkyl halides is 3. The van der Waals surface area contributed by atoms with Gasteiger partial charge in [0.1, 0.15) is 6.42 Å². The van der Waals surface area contributed by atoms with Crippen molar-refractivity contribution in [3.8, 4) is 0 Å². The molecule has 1 N–H and O–H groups in total. The molecule has 0 unspecified atom stereocenters. The van der Waals surface area contributed by atoms with E-state index >= 15 is 0 Å². The van der Waals surface area contributed by atoms with Gasteiger partial charge in [-0.1, -0.05) is 37.5 Å². The van der Waals surface area contributed by atoms with Crippen LogP contribution in [-0.4, -0.2) is 53.2 Å². The molecular formula is C21H25F3N2O3. The maximum absolute atomic E-state index is 13.2. The maximum atomic E-state index is 13.2. The summed E-state index contributed by atoms with van der Waals surface area (Å²) in [5.41, 5.74) is 1.18. The molecule has 2 amide bonds. The highest BCUT2D eigenvalue weighted by molar-refractivity contribution is 5.96. The molecule has 2 heterocycles. The van der Waals surface area contributed by atoms with E-state index in [4.69, 9.17) is 0 Å². The van der Waals surface area contributed by atoms with Crippen LogP contribution in [0.3, 0.4) is 0 Å². The number of aliphatic hydroxyl groups excluding tert-OH is 1. The van der Waals surface area contributed by atoms with Crippen molar-refractivity contribution in [3.05, 3.63) is 29.8 Å². The Kier molecular flexibility index (Phi) is 5.31. The summed E-state index contributed by atoms with van der Waals surface area (Å²) in [7, 11) is 0. The van der Waals surface area contributed by atoms with Gasteiger partial charge in [0.05, 0.1) is 18.7 Å². The second-order valence-electron chi connectivity index (χ2n) is 8.28. The normalized spacial score (nSPS) is 27.1. The fourth-order valence-electron chi connectivity index (χ4n) is 5.26. The highest BCUT2D eigenvalue weighted by atomic mass is 19.4. The van der Waals surface area contributed by atoms with Crippen molar-refractivity contribution in [3.63, 3.8) is 0 Å². The Morgan fingerprint density at radius 1 is 1.10 bits per heavy atom. The number of anilines is 1. The van der Waals surface area contributed by atoms with Crippen LogP contribution < -0.4 is 4.90 Å². The van der Waals surface area contributed by atoms with E-state index in [1.54, 1.807) is 29.2 Å². The van der Waals surface area contributed by atoms with Gasteiger partial charge in [0.25, 0.3) is 0 Å². The quantitative estimate of drug-likeness (QED) is 0.833. The Labute approximate surface area is 167 Å². The first-order chi connectivity index (χ1) is 13.8. The molecule has 158 valence electrons. The van der Waals surface area contributed by atoms with E-state index in [1.165, 1.54) is 4.90 Å². The van der Waals surface area contributed by atoms with E-state index in [-0.39, 0.29) is 30.9 Å². The minimum Gasteiger partial charge on any atom is -0.394 e. The molecule has 1 aromatic carbocycles. The summed E-state index contributed by atoms with van der Waals surface area (Å²) in [5, 5.41) is 9.97. The third kappa shape index (κ3) is 3.63. The fourth-order valence-corrected chi connectivity index (χ4v) is 5.26. The summed E-state index contributed by atoms with van der Waals surface area (Å²) >= 11 is 0. The molecule has 4 rings (SSSR count). The molecule has 0 radical (unpaired) electrons. The summed E-state index contributed by atoms with van der Waals surface area (Å²) in [5.74, 6) is -1.32. The molecule has 1 saturated heterocycles. The van der Waals surface area contributed by atoms with Gasteiger partial charge in [-0.05, 0) is 24.5 Å². The van der Waals surface area contributed by atoms with Crippen LogP contribution in [0, 0.1) is 5.92 Å². The molecule has 3 atom stereocenters. The number of likely N-dealkylation sites (tertiary alicyclic amines) is 1. The van der Waals surface area contributed by atoms with Gasteiger partial charge in [-0.25, -0.2) is 0 Å². The zero-order valence-corrected chi connectivity index (χ0v) is 16.1. The van der Waals surface area contributed by atoms with Gasteiger partial charge in [-0.2, -0.15) is 13.2 Å². The molecule has 0 spiro atoms. The molecule has 0 aromatic heterocycles. The Bertz CT molecular complexity index is 792. The Hall–Kier alpha value is -2.09. The number of hydrogen-bond acceptors (Lipinski definition) is 3. The molecule has 8 heteroatoms. The van der Waals surface area contributed by atoms with Crippen molar-refractivity contribution < 1.29 is 27.9 Å². The Morgan fingerprint density at radius 3 is 2.45 bits per heavy atom. The monoisotopic (exact) mass is 410 g/mol. The smallest absolute Gasteiger partial charge is 0.394 e. The number of amides is 2. The van der Waals surface area contributed by atoms with E-state index < -0.39 is 30.6 Å². The zero-order chi connectivity index (χ0) is 20.8. The van der Waals surface area contributed by atoms with Crippen LogP contribution in [0.25, 0.3) is 0 Å². The Morgan fingerprint density at radius 2 is 1.79 bits per heavy atom. The van der Waals surface area contributed by atoms with Crippen LogP contribution in [0.1, 0.15) is 50.0 Å². The molecule has 2 aliphatic heterocycles. The number of carbonyl (C=O) groups excluding carboxylic acids is 2. The van der Waals surface area contributed by atoms with Gasteiger partial charge < -0.3 is 14.9 Å². The van der Waals surface area contributed by atoms with E-state index in [0.29, 0.717) is 5.69 Å². The van der Waals surface area contributed by atoms with E-state index in [2.05, 4.69) is 0 Å². The predicted molar refractivity (Wildman–Crippen MR) is 100 cm³/mol. The zero-order valence-electron chi connectivity index (χ0n) is 16.1. The number of aliphatic hydroxyl groups is 1. The van der Waals surface area contributed by atoms with Crippen LogP contribution >= 0.6 is 0 Å². The number of nitrogens with zero attached hydrogens (tertiary/aromatic N) is 2. The fraction of sp³-hybridized carbons (Fsp3) is 0.619. The second-order valence-corrected chi connectivity index (χ2v) is 8.28. The molecule has 1 aromatic rings. The highest BCUT2D eigenvalue weighted by Crippen LogP contribution is 2.49. The number of para-hydroxylation sites is 1. The van der Waals surface area contributed by atoms with Crippen LogP contribution in [-0.2, 0) is 9.59 Å². The Balaban J connectivity index is 1.63. The minimum absolute atomic E-state index is 0.0333. The van der Waals surface area contributed by atoms with E-state index in [1.807, 2.05) is 0 Å². The summed E-state index contributed by atoms with van der Waals surface area (Å²) in [6.45, 7) is -0.171. The number of hydrogen-bond donors (Lipinski definition) is 1. The van der Waals surface area contributed by atoms with Gasteiger partial charge >= 0.3 is 6.18 Å². The lowest BCUT2D eigenvalue weighted by atomic mass is 9.70.